The van der Waals surface area contributed by atoms with E-state index in [1.807, 2.05) is 37.3 Å². The predicted octanol–water partition coefficient (Wildman–Crippen LogP) is 1.35. The summed E-state index contributed by atoms with van der Waals surface area (Å²) in [6, 6.07) is 7.48. The molecule has 0 fully saturated rings. The number of hydrogen-bond acceptors (Lipinski definition) is 3. The summed E-state index contributed by atoms with van der Waals surface area (Å²) in [5.41, 5.74) is 0.886. The summed E-state index contributed by atoms with van der Waals surface area (Å²) < 4.78 is 0. The van der Waals surface area contributed by atoms with Gasteiger partial charge in [-0.15, -0.1) is 0 Å². The van der Waals surface area contributed by atoms with Crippen LogP contribution >= 0.6 is 0 Å². The van der Waals surface area contributed by atoms with Crippen molar-refractivity contribution >= 4 is 17.8 Å². The lowest BCUT2D eigenvalue weighted by atomic mass is 9.98. The number of hydrogen-bond donors (Lipinski definition) is 3. The zero-order chi connectivity index (χ0) is 17.4. The molecule has 3 unspecified atom stereocenters. The summed E-state index contributed by atoms with van der Waals surface area (Å²) in [6.07, 6.45) is 0.930. The van der Waals surface area contributed by atoms with Crippen molar-refractivity contribution in [1.29, 1.82) is 0 Å². The van der Waals surface area contributed by atoms with Gasteiger partial charge in [-0.1, -0.05) is 50.6 Å². The summed E-state index contributed by atoms with van der Waals surface area (Å²) in [5, 5.41) is 14.4. The quantitative estimate of drug-likeness (QED) is 0.674. The Balaban J connectivity index is 2.86. The number of amides is 2. The molecule has 1 aromatic rings. The maximum Gasteiger partial charge on any atom is 0.326 e. The SMILES string of the molecule is CCC(C)C(NC(=O)C(Cc1ccccc1)NC(C)=O)C(=O)O. The Morgan fingerprint density at radius 3 is 2.22 bits per heavy atom. The molecule has 1 aromatic carbocycles. The van der Waals surface area contributed by atoms with Crippen molar-refractivity contribution in [2.45, 2.75) is 45.7 Å². The number of aliphatic carboxylic acids is 1. The minimum atomic E-state index is -1.08. The van der Waals surface area contributed by atoms with Crippen molar-refractivity contribution in [3.63, 3.8) is 0 Å². The van der Waals surface area contributed by atoms with Crippen LogP contribution in [-0.4, -0.2) is 35.0 Å². The second-order valence-corrected chi connectivity index (χ2v) is 5.65. The van der Waals surface area contributed by atoms with Gasteiger partial charge in [0, 0.05) is 13.3 Å². The van der Waals surface area contributed by atoms with Gasteiger partial charge in [-0.25, -0.2) is 4.79 Å². The molecule has 0 aliphatic rings. The molecule has 0 heterocycles. The van der Waals surface area contributed by atoms with Crippen LogP contribution in [0.3, 0.4) is 0 Å². The Morgan fingerprint density at radius 1 is 1.13 bits per heavy atom. The van der Waals surface area contributed by atoms with E-state index in [1.165, 1.54) is 6.92 Å². The maximum absolute atomic E-state index is 12.4. The molecule has 3 N–H and O–H groups in total. The van der Waals surface area contributed by atoms with Crippen molar-refractivity contribution in [3.8, 4) is 0 Å². The van der Waals surface area contributed by atoms with Crippen molar-refractivity contribution in [1.82, 2.24) is 10.6 Å². The third-order valence-electron chi connectivity index (χ3n) is 3.75. The molecular weight excluding hydrogens is 296 g/mol. The molecule has 0 aliphatic carbocycles. The Morgan fingerprint density at radius 2 is 1.74 bits per heavy atom. The monoisotopic (exact) mass is 320 g/mol. The first-order chi connectivity index (χ1) is 10.8. The summed E-state index contributed by atoms with van der Waals surface area (Å²) in [7, 11) is 0. The first-order valence-corrected chi connectivity index (χ1v) is 7.69. The van der Waals surface area contributed by atoms with Crippen molar-refractivity contribution < 1.29 is 19.5 Å². The number of nitrogens with one attached hydrogen (secondary N) is 2. The highest BCUT2D eigenvalue weighted by atomic mass is 16.4. The summed E-state index contributed by atoms with van der Waals surface area (Å²) in [5.74, 6) is -2.10. The van der Waals surface area contributed by atoms with E-state index < -0.39 is 24.0 Å². The van der Waals surface area contributed by atoms with Gasteiger partial charge in [0.15, 0.2) is 0 Å². The summed E-state index contributed by atoms with van der Waals surface area (Å²) in [4.78, 5) is 35.1. The Bertz CT molecular complexity index is 545. The van der Waals surface area contributed by atoms with Gasteiger partial charge in [-0.2, -0.15) is 0 Å². The Kier molecular flexibility index (Phi) is 7.25. The van der Waals surface area contributed by atoms with E-state index in [-0.39, 0.29) is 11.8 Å². The second kappa shape index (κ2) is 8.92. The molecule has 126 valence electrons. The highest BCUT2D eigenvalue weighted by molar-refractivity contribution is 5.90. The zero-order valence-electron chi connectivity index (χ0n) is 13.7. The van der Waals surface area contributed by atoms with Gasteiger partial charge in [0.25, 0.3) is 0 Å². The van der Waals surface area contributed by atoms with Gasteiger partial charge in [-0.05, 0) is 11.5 Å². The molecule has 1 rings (SSSR count). The van der Waals surface area contributed by atoms with E-state index in [9.17, 15) is 19.5 Å². The molecule has 0 saturated heterocycles. The minimum Gasteiger partial charge on any atom is -0.480 e. The van der Waals surface area contributed by atoms with Crippen molar-refractivity contribution in [2.75, 3.05) is 0 Å². The first-order valence-electron chi connectivity index (χ1n) is 7.69. The summed E-state index contributed by atoms with van der Waals surface area (Å²) in [6.45, 7) is 4.96. The van der Waals surface area contributed by atoms with Crippen LogP contribution in [-0.2, 0) is 20.8 Å². The Labute approximate surface area is 136 Å². The first kappa shape index (κ1) is 18.7. The average molecular weight is 320 g/mol. The fourth-order valence-electron chi connectivity index (χ4n) is 2.24. The molecule has 2 amide bonds. The molecule has 0 bridgehead atoms. The molecule has 0 aliphatic heterocycles. The lowest BCUT2D eigenvalue weighted by Gasteiger charge is -2.24. The average Bonchev–Trinajstić information content (AvgIpc) is 2.51. The molecule has 6 heteroatoms. The zero-order valence-corrected chi connectivity index (χ0v) is 13.7. The number of carboxylic acids is 1. The van der Waals surface area contributed by atoms with Gasteiger partial charge < -0.3 is 15.7 Å². The largest absolute Gasteiger partial charge is 0.480 e. The number of carbonyl (C=O) groups is 3. The van der Waals surface area contributed by atoms with Gasteiger partial charge >= 0.3 is 5.97 Å². The van der Waals surface area contributed by atoms with E-state index >= 15 is 0 Å². The number of rotatable bonds is 8. The Hall–Kier alpha value is -2.37. The van der Waals surface area contributed by atoms with E-state index in [1.54, 1.807) is 6.92 Å². The van der Waals surface area contributed by atoms with Gasteiger partial charge in [0.2, 0.25) is 11.8 Å². The van der Waals surface area contributed by atoms with Gasteiger partial charge in [0.05, 0.1) is 0 Å². The van der Waals surface area contributed by atoms with Crippen molar-refractivity contribution in [2.24, 2.45) is 5.92 Å². The topological polar surface area (TPSA) is 95.5 Å². The van der Waals surface area contributed by atoms with Crippen LogP contribution < -0.4 is 10.6 Å². The van der Waals surface area contributed by atoms with E-state index in [0.29, 0.717) is 12.8 Å². The third-order valence-corrected chi connectivity index (χ3v) is 3.75. The molecule has 0 spiro atoms. The predicted molar refractivity (Wildman–Crippen MR) is 86.8 cm³/mol. The van der Waals surface area contributed by atoms with Crippen molar-refractivity contribution in [3.05, 3.63) is 35.9 Å². The molecule has 23 heavy (non-hydrogen) atoms. The van der Waals surface area contributed by atoms with Crippen LogP contribution in [0.4, 0.5) is 0 Å². The van der Waals surface area contributed by atoms with E-state index in [4.69, 9.17) is 0 Å². The maximum atomic E-state index is 12.4. The number of carbonyl (C=O) groups excluding carboxylic acids is 2. The summed E-state index contributed by atoms with van der Waals surface area (Å²) >= 11 is 0. The standard InChI is InChI=1S/C17H24N2O4/c1-4-11(2)15(17(22)23)19-16(21)14(18-12(3)20)10-13-8-6-5-7-9-13/h5-9,11,14-15H,4,10H2,1-3H3,(H,18,20)(H,19,21)(H,22,23). The lowest BCUT2D eigenvalue weighted by molar-refractivity contribution is -0.143. The molecular formula is C17H24N2O4. The van der Waals surface area contributed by atoms with E-state index in [0.717, 1.165) is 5.56 Å². The normalized spacial score (nSPS) is 14.4. The molecule has 0 saturated carbocycles. The van der Waals surface area contributed by atoms with Crippen LogP contribution in [0.5, 0.6) is 0 Å². The van der Waals surface area contributed by atoms with Crippen LogP contribution in [0.15, 0.2) is 30.3 Å². The molecule has 0 radical (unpaired) electrons. The van der Waals surface area contributed by atoms with Gasteiger partial charge in [0.1, 0.15) is 12.1 Å². The van der Waals surface area contributed by atoms with Crippen LogP contribution in [0.25, 0.3) is 0 Å². The molecule has 3 atom stereocenters. The third kappa shape index (κ3) is 6.10. The highest BCUT2D eigenvalue weighted by Gasteiger charge is 2.29. The highest BCUT2D eigenvalue weighted by Crippen LogP contribution is 2.09. The van der Waals surface area contributed by atoms with Crippen LogP contribution in [0.1, 0.15) is 32.8 Å². The smallest absolute Gasteiger partial charge is 0.326 e. The van der Waals surface area contributed by atoms with E-state index in [2.05, 4.69) is 10.6 Å². The fraction of sp³-hybridized carbons (Fsp3) is 0.471. The lowest BCUT2D eigenvalue weighted by Crippen LogP contribution is -2.53. The fourth-order valence-corrected chi connectivity index (χ4v) is 2.24. The number of benzene rings is 1. The molecule has 0 aromatic heterocycles. The molecule has 6 nitrogen and oxygen atoms in total. The second-order valence-electron chi connectivity index (χ2n) is 5.65. The van der Waals surface area contributed by atoms with Gasteiger partial charge in [-0.3, -0.25) is 9.59 Å². The van der Waals surface area contributed by atoms with Crippen LogP contribution in [0, 0.1) is 5.92 Å². The number of carboxylic acid groups (broad SMARTS) is 1. The van der Waals surface area contributed by atoms with Crippen LogP contribution in [0.2, 0.25) is 0 Å². The minimum absolute atomic E-state index is 0.203.